The van der Waals surface area contributed by atoms with Gasteiger partial charge >= 0.3 is 0 Å². The minimum absolute atomic E-state index is 0.928. The maximum atomic E-state index is 4.14. The molecule has 0 aromatic rings. The zero-order valence-corrected chi connectivity index (χ0v) is 7.72. The van der Waals surface area contributed by atoms with Crippen molar-refractivity contribution in [2.24, 2.45) is 10.2 Å². The van der Waals surface area contributed by atoms with E-state index in [1.165, 1.54) is 0 Å². The lowest BCUT2D eigenvalue weighted by Crippen LogP contribution is -2.33. The molecule has 1 aliphatic heterocycles. The highest BCUT2D eigenvalue weighted by atomic mass is 15.5. The van der Waals surface area contributed by atoms with E-state index in [2.05, 4.69) is 34.9 Å². The van der Waals surface area contributed by atoms with E-state index >= 15 is 0 Å². The van der Waals surface area contributed by atoms with Crippen molar-refractivity contribution >= 4 is 11.7 Å². The second kappa shape index (κ2) is 4.74. The van der Waals surface area contributed by atoms with Crippen LogP contribution >= 0.6 is 0 Å². The van der Waals surface area contributed by atoms with Gasteiger partial charge in [-0.1, -0.05) is 13.8 Å². The van der Waals surface area contributed by atoms with E-state index in [9.17, 15) is 0 Å². The van der Waals surface area contributed by atoms with Gasteiger partial charge in [0.25, 0.3) is 0 Å². The van der Waals surface area contributed by atoms with Gasteiger partial charge in [0, 0.05) is 12.8 Å². The third-order valence-electron chi connectivity index (χ3n) is 1.61. The van der Waals surface area contributed by atoms with Crippen LogP contribution in [0.15, 0.2) is 10.2 Å². The highest BCUT2D eigenvalue weighted by molar-refractivity contribution is 5.90. The van der Waals surface area contributed by atoms with Crippen LogP contribution in [0, 0.1) is 0 Å². The third kappa shape index (κ3) is 2.53. The topological polar surface area (TPSA) is 48.8 Å². The lowest BCUT2D eigenvalue weighted by Gasteiger charge is -2.13. The molecular formula is C8H16N4. The Morgan fingerprint density at radius 1 is 0.917 bits per heavy atom. The highest BCUT2D eigenvalue weighted by Gasteiger charge is 2.04. The molecule has 12 heavy (non-hydrogen) atoms. The van der Waals surface area contributed by atoms with Crippen molar-refractivity contribution in [3.63, 3.8) is 0 Å². The number of hydrogen-bond donors (Lipinski definition) is 2. The van der Waals surface area contributed by atoms with Crippen molar-refractivity contribution in [1.82, 2.24) is 10.9 Å². The number of rotatable bonds is 4. The normalized spacial score (nSPS) is 15.8. The first-order chi connectivity index (χ1) is 5.86. The van der Waals surface area contributed by atoms with E-state index in [-0.39, 0.29) is 0 Å². The van der Waals surface area contributed by atoms with Crippen molar-refractivity contribution in [3.05, 3.63) is 0 Å². The van der Waals surface area contributed by atoms with Gasteiger partial charge < -0.3 is 0 Å². The second-order valence-corrected chi connectivity index (χ2v) is 2.84. The molecular weight excluding hydrogens is 152 g/mol. The first-order valence-corrected chi connectivity index (χ1v) is 4.52. The summed E-state index contributed by atoms with van der Waals surface area (Å²) < 4.78 is 0. The second-order valence-electron chi connectivity index (χ2n) is 2.84. The summed E-state index contributed by atoms with van der Waals surface area (Å²) in [4.78, 5) is 0. The molecule has 0 aliphatic carbocycles. The van der Waals surface area contributed by atoms with Crippen molar-refractivity contribution < 1.29 is 0 Å². The Bertz CT molecular complexity index is 173. The Balaban J connectivity index is 2.32. The Labute approximate surface area is 73.1 Å². The first kappa shape index (κ1) is 9.03. The molecule has 0 spiro atoms. The average Bonchev–Trinajstić information content (AvgIpc) is 2.09. The van der Waals surface area contributed by atoms with Gasteiger partial charge in [-0.3, -0.25) is 10.9 Å². The summed E-state index contributed by atoms with van der Waals surface area (Å²) in [5.41, 5.74) is 5.86. The van der Waals surface area contributed by atoms with Gasteiger partial charge in [-0.25, -0.2) is 0 Å². The number of hydrazone groups is 2. The van der Waals surface area contributed by atoms with Crippen LogP contribution in [0.1, 0.15) is 39.5 Å². The molecule has 0 atom stereocenters. The summed E-state index contributed by atoms with van der Waals surface area (Å²) in [6, 6.07) is 0. The Morgan fingerprint density at radius 2 is 1.33 bits per heavy atom. The summed E-state index contributed by atoms with van der Waals surface area (Å²) in [5, 5.41) is 8.29. The van der Waals surface area contributed by atoms with Crippen LogP contribution in [-0.4, -0.2) is 11.7 Å². The third-order valence-corrected chi connectivity index (χ3v) is 1.61. The summed E-state index contributed by atoms with van der Waals surface area (Å²) in [6.45, 7) is 4.24. The summed E-state index contributed by atoms with van der Waals surface area (Å²) in [6.07, 6.45) is 4.09. The van der Waals surface area contributed by atoms with E-state index in [1.807, 2.05) is 0 Å². The molecule has 1 aliphatic rings. The minimum atomic E-state index is 0.928. The van der Waals surface area contributed by atoms with Crippen LogP contribution in [0.5, 0.6) is 0 Å². The van der Waals surface area contributed by atoms with Crippen LogP contribution < -0.4 is 10.9 Å². The molecule has 0 fully saturated rings. The number of nitrogens with one attached hydrogen (secondary N) is 2. The van der Waals surface area contributed by atoms with E-state index in [0.29, 0.717) is 0 Å². The Morgan fingerprint density at radius 3 is 1.58 bits per heavy atom. The summed E-state index contributed by atoms with van der Waals surface area (Å²) in [5.74, 6) is 1.86. The molecule has 0 amide bonds. The molecule has 68 valence electrons. The standard InChI is InChI=1S/C8H16N4/c1-3-5-7-9-11-8(6-4-2)12-10-7/h3-6H2,1-2H3,(H,9,10)(H,11,12). The molecule has 0 radical (unpaired) electrons. The molecule has 1 rings (SSSR count). The fraction of sp³-hybridized carbons (Fsp3) is 0.750. The van der Waals surface area contributed by atoms with Crippen LogP contribution in [0.25, 0.3) is 0 Å². The fourth-order valence-electron chi connectivity index (χ4n) is 1.01. The molecule has 2 N–H and O–H groups in total. The van der Waals surface area contributed by atoms with Gasteiger partial charge in [0.2, 0.25) is 0 Å². The van der Waals surface area contributed by atoms with E-state index in [4.69, 9.17) is 0 Å². The van der Waals surface area contributed by atoms with Gasteiger partial charge in [-0.05, 0) is 12.8 Å². The van der Waals surface area contributed by atoms with E-state index < -0.39 is 0 Å². The van der Waals surface area contributed by atoms with Crippen molar-refractivity contribution in [2.45, 2.75) is 39.5 Å². The maximum Gasteiger partial charge on any atom is 0.142 e. The van der Waals surface area contributed by atoms with Gasteiger partial charge in [0.05, 0.1) is 0 Å². The molecule has 0 saturated carbocycles. The van der Waals surface area contributed by atoms with Gasteiger partial charge in [-0.15, -0.1) is 0 Å². The van der Waals surface area contributed by atoms with Crippen LogP contribution in [-0.2, 0) is 0 Å². The first-order valence-electron chi connectivity index (χ1n) is 4.52. The van der Waals surface area contributed by atoms with Crippen molar-refractivity contribution in [1.29, 1.82) is 0 Å². The predicted octanol–water partition coefficient (Wildman–Crippen LogP) is 1.41. The van der Waals surface area contributed by atoms with Crippen molar-refractivity contribution in [2.75, 3.05) is 0 Å². The Kier molecular flexibility index (Phi) is 3.57. The summed E-state index contributed by atoms with van der Waals surface area (Å²) >= 11 is 0. The number of amidine groups is 2. The molecule has 4 nitrogen and oxygen atoms in total. The predicted molar refractivity (Wildman–Crippen MR) is 51.0 cm³/mol. The molecule has 0 bridgehead atoms. The minimum Gasteiger partial charge on any atom is -0.262 e. The smallest absolute Gasteiger partial charge is 0.142 e. The monoisotopic (exact) mass is 168 g/mol. The zero-order valence-electron chi connectivity index (χ0n) is 7.72. The molecule has 4 heteroatoms. The van der Waals surface area contributed by atoms with Gasteiger partial charge in [0.1, 0.15) is 11.7 Å². The van der Waals surface area contributed by atoms with Crippen LogP contribution in [0.4, 0.5) is 0 Å². The molecule has 0 aromatic heterocycles. The largest absolute Gasteiger partial charge is 0.262 e. The molecule has 0 unspecified atom stereocenters. The Hall–Kier alpha value is -1.06. The lowest BCUT2D eigenvalue weighted by molar-refractivity contribution is 0.796. The number of hydrogen-bond acceptors (Lipinski definition) is 4. The van der Waals surface area contributed by atoms with E-state index in [1.54, 1.807) is 0 Å². The van der Waals surface area contributed by atoms with Gasteiger partial charge in [0.15, 0.2) is 0 Å². The SMILES string of the molecule is CCCC1=NNC(CCC)=NN1. The summed E-state index contributed by atoms with van der Waals surface area (Å²) in [7, 11) is 0. The van der Waals surface area contributed by atoms with E-state index in [0.717, 1.165) is 37.4 Å². The van der Waals surface area contributed by atoms with Crippen LogP contribution in [0.2, 0.25) is 0 Å². The average molecular weight is 168 g/mol. The number of nitrogens with zero attached hydrogens (tertiary/aromatic N) is 2. The molecule has 0 aromatic carbocycles. The molecule has 0 saturated heterocycles. The quantitative estimate of drug-likeness (QED) is 0.666. The van der Waals surface area contributed by atoms with Crippen LogP contribution in [0.3, 0.4) is 0 Å². The van der Waals surface area contributed by atoms with Crippen molar-refractivity contribution in [3.8, 4) is 0 Å². The fourth-order valence-corrected chi connectivity index (χ4v) is 1.01. The lowest BCUT2D eigenvalue weighted by atomic mass is 10.3. The van der Waals surface area contributed by atoms with Gasteiger partial charge in [-0.2, -0.15) is 10.2 Å². The maximum absolute atomic E-state index is 4.14. The highest BCUT2D eigenvalue weighted by Crippen LogP contribution is 1.95. The zero-order chi connectivity index (χ0) is 8.81. The molecule has 1 heterocycles.